The smallest absolute Gasteiger partial charge is 0.134 e. The zero-order chi connectivity index (χ0) is 12.2. The van der Waals surface area contributed by atoms with E-state index in [1.165, 1.54) is 27.3 Å². The Morgan fingerprint density at radius 2 is 1.76 bits per heavy atom. The Morgan fingerprint density at radius 1 is 1.00 bits per heavy atom. The van der Waals surface area contributed by atoms with Gasteiger partial charge in [-0.1, -0.05) is 0 Å². The molecular weight excluding hydrogens is 210 g/mol. The lowest BCUT2D eigenvalue weighted by Gasteiger charge is -2.11. The Kier molecular flexibility index (Phi) is 2.02. The van der Waals surface area contributed by atoms with Crippen LogP contribution in [0.1, 0.15) is 22.5 Å². The predicted octanol–water partition coefficient (Wildman–Crippen LogP) is 4.21. The summed E-state index contributed by atoms with van der Waals surface area (Å²) < 4.78 is 5.50. The van der Waals surface area contributed by atoms with Gasteiger partial charge in [0, 0.05) is 22.2 Å². The molecule has 17 heavy (non-hydrogen) atoms. The van der Waals surface area contributed by atoms with E-state index in [1.54, 1.807) is 6.26 Å². The first-order valence-electron chi connectivity index (χ1n) is 5.84. The fourth-order valence-electron chi connectivity index (χ4n) is 2.67. The zero-order valence-corrected chi connectivity index (χ0v) is 10.6. The highest BCUT2D eigenvalue weighted by Crippen LogP contribution is 2.33. The van der Waals surface area contributed by atoms with Crippen molar-refractivity contribution in [1.82, 2.24) is 4.98 Å². The molecule has 0 saturated heterocycles. The Hall–Kier alpha value is -1.83. The largest absolute Gasteiger partial charge is 0.464 e. The highest BCUT2D eigenvalue weighted by molar-refractivity contribution is 6.09. The van der Waals surface area contributed by atoms with Crippen molar-refractivity contribution in [3.05, 3.63) is 40.9 Å². The Labute approximate surface area is 100 Å². The summed E-state index contributed by atoms with van der Waals surface area (Å²) in [6, 6.07) is 4.14. The Bertz CT molecular complexity index is 738. The molecule has 0 aliphatic carbocycles. The van der Waals surface area contributed by atoms with Crippen LogP contribution in [0.3, 0.4) is 0 Å². The van der Waals surface area contributed by atoms with Crippen LogP contribution in [0.25, 0.3) is 21.7 Å². The average Bonchev–Trinajstić information content (AvgIpc) is 2.71. The first kappa shape index (κ1) is 10.3. The van der Waals surface area contributed by atoms with Gasteiger partial charge < -0.3 is 4.42 Å². The molecule has 0 fully saturated rings. The second kappa shape index (κ2) is 3.33. The Morgan fingerprint density at radius 3 is 2.53 bits per heavy atom. The summed E-state index contributed by atoms with van der Waals surface area (Å²) in [7, 11) is 0. The third-order valence-electron chi connectivity index (χ3n) is 3.57. The van der Waals surface area contributed by atoms with Crippen molar-refractivity contribution in [1.29, 1.82) is 0 Å². The molecular formula is C15H15NO. The molecule has 0 saturated carbocycles. The van der Waals surface area contributed by atoms with Crippen LogP contribution in [0.15, 0.2) is 22.8 Å². The van der Waals surface area contributed by atoms with Crippen LogP contribution < -0.4 is 0 Å². The number of pyridine rings is 1. The Balaban J connectivity index is 2.70. The van der Waals surface area contributed by atoms with Crippen molar-refractivity contribution < 1.29 is 4.42 Å². The number of benzene rings is 1. The molecule has 0 spiro atoms. The summed E-state index contributed by atoms with van der Waals surface area (Å²) in [5, 5.41) is 3.72. The number of aromatic nitrogens is 1. The van der Waals surface area contributed by atoms with E-state index in [4.69, 9.17) is 4.42 Å². The van der Waals surface area contributed by atoms with E-state index < -0.39 is 0 Å². The van der Waals surface area contributed by atoms with Gasteiger partial charge in [0.05, 0.1) is 6.26 Å². The molecule has 0 unspecified atom stereocenters. The molecule has 1 aromatic carbocycles. The number of furan rings is 1. The van der Waals surface area contributed by atoms with Crippen LogP contribution in [0.4, 0.5) is 0 Å². The molecule has 0 atom stereocenters. The highest BCUT2D eigenvalue weighted by Gasteiger charge is 2.13. The minimum absolute atomic E-state index is 0.947. The number of fused-ring (bicyclic) bond motifs is 3. The molecule has 0 amide bonds. The third-order valence-corrected chi connectivity index (χ3v) is 3.57. The lowest BCUT2D eigenvalue weighted by molar-refractivity contribution is 0.616. The molecule has 0 radical (unpaired) electrons. The van der Waals surface area contributed by atoms with Crippen molar-refractivity contribution in [3.63, 3.8) is 0 Å². The molecule has 2 heterocycles. The normalized spacial score (nSPS) is 11.5. The van der Waals surface area contributed by atoms with Crippen LogP contribution in [-0.4, -0.2) is 4.98 Å². The van der Waals surface area contributed by atoms with E-state index in [-0.39, 0.29) is 0 Å². The van der Waals surface area contributed by atoms with Gasteiger partial charge in [-0.05, 0) is 56.3 Å². The molecule has 0 aliphatic heterocycles. The first-order chi connectivity index (χ1) is 8.09. The molecule has 86 valence electrons. The van der Waals surface area contributed by atoms with Gasteiger partial charge in [-0.25, -0.2) is 0 Å². The number of hydrogen-bond donors (Lipinski definition) is 0. The molecule has 3 aromatic rings. The quantitative estimate of drug-likeness (QED) is 0.572. The summed E-state index contributed by atoms with van der Waals surface area (Å²) in [4.78, 5) is 4.63. The lowest BCUT2D eigenvalue weighted by Crippen LogP contribution is -1.95. The summed E-state index contributed by atoms with van der Waals surface area (Å²) in [5.74, 6) is 0. The molecule has 0 bridgehead atoms. The van der Waals surface area contributed by atoms with Crippen LogP contribution >= 0.6 is 0 Å². The molecule has 3 rings (SSSR count). The van der Waals surface area contributed by atoms with Gasteiger partial charge in [0.15, 0.2) is 0 Å². The standard InChI is InChI=1S/C15H15NO/c1-8-7-13-12(5-6-17-13)15-11(4)16-10(3)9(2)14(8)15/h5-7H,1-4H3. The van der Waals surface area contributed by atoms with Gasteiger partial charge in [-0.3, -0.25) is 4.98 Å². The SMILES string of the molecule is Cc1nc(C)c2c(c(C)cc3occc32)c1C. The van der Waals surface area contributed by atoms with Gasteiger partial charge in [0.1, 0.15) is 5.58 Å². The minimum Gasteiger partial charge on any atom is -0.464 e. The van der Waals surface area contributed by atoms with Crippen molar-refractivity contribution >= 4 is 21.7 Å². The molecule has 0 aliphatic rings. The van der Waals surface area contributed by atoms with E-state index in [2.05, 4.69) is 38.7 Å². The number of aryl methyl sites for hydroxylation is 4. The van der Waals surface area contributed by atoms with Crippen LogP contribution in [0.2, 0.25) is 0 Å². The summed E-state index contributed by atoms with van der Waals surface area (Å²) in [6.07, 6.45) is 1.75. The molecule has 2 aromatic heterocycles. The predicted molar refractivity (Wildman–Crippen MR) is 70.5 cm³/mol. The van der Waals surface area contributed by atoms with Crippen LogP contribution in [0, 0.1) is 27.7 Å². The van der Waals surface area contributed by atoms with E-state index in [9.17, 15) is 0 Å². The van der Waals surface area contributed by atoms with Gasteiger partial charge >= 0.3 is 0 Å². The van der Waals surface area contributed by atoms with Gasteiger partial charge in [0.25, 0.3) is 0 Å². The minimum atomic E-state index is 0.947. The fourth-order valence-corrected chi connectivity index (χ4v) is 2.67. The second-order valence-electron chi connectivity index (χ2n) is 4.68. The highest BCUT2D eigenvalue weighted by atomic mass is 16.3. The van der Waals surface area contributed by atoms with E-state index in [1.807, 2.05) is 6.07 Å². The first-order valence-corrected chi connectivity index (χ1v) is 5.84. The van der Waals surface area contributed by atoms with Gasteiger partial charge in [-0.2, -0.15) is 0 Å². The summed E-state index contributed by atoms with van der Waals surface area (Å²) in [6.45, 7) is 8.42. The topological polar surface area (TPSA) is 26.0 Å². The van der Waals surface area contributed by atoms with Crippen molar-refractivity contribution in [2.75, 3.05) is 0 Å². The van der Waals surface area contributed by atoms with Crippen molar-refractivity contribution in [2.24, 2.45) is 0 Å². The van der Waals surface area contributed by atoms with Gasteiger partial charge in [-0.15, -0.1) is 0 Å². The number of hydrogen-bond acceptors (Lipinski definition) is 2. The maximum absolute atomic E-state index is 5.50. The van der Waals surface area contributed by atoms with E-state index in [0.29, 0.717) is 0 Å². The van der Waals surface area contributed by atoms with Gasteiger partial charge in [0.2, 0.25) is 0 Å². The maximum atomic E-state index is 5.50. The van der Waals surface area contributed by atoms with E-state index in [0.717, 1.165) is 17.0 Å². The van der Waals surface area contributed by atoms with Crippen molar-refractivity contribution in [2.45, 2.75) is 27.7 Å². The average molecular weight is 225 g/mol. The van der Waals surface area contributed by atoms with E-state index >= 15 is 0 Å². The summed E-state index contributed by atoms with van der Waals surface area (Å²) in [5.41, 5.74) is 5.67. The monoisotopic (exact) mass is 225 g/mol. The van der Waals surface area contributed by atoms with Crippen LogP contribution in [-0.2, 0) is 0 Å². The molecule has 0 N–H and O–H groups in total. The molecule has 2 nitrogen and oxygen atoms in total. The molecule has 2 heteroatoms. The third kappa shape index (κ3) is 1.30. The number of nitrogens with zero attached hydrogens (tertiary/aromatic N) is 1. The maximum Gasteiger partial charge on any atom is 0.134 e. The number of rotatable bonds is 0. The van der Waals surface area contributed by atoms with Crippen molar-refractivity contribution in [3.8, 4) is 0 Å². The zero-order valence-electron chi connectivity index (χ0n) is 10.6. The fraction of sp³-hybridized carbons (Fsp3) is 0.267. The summed E-state index contributed by atoms with van der Waals surface area (Å²) >= 11 is 0. The lowest BCUT2D eigenvalue weighted by atomic mass is 9.96. The second-order valence-corrected chi connectivity index (χ2v) is 4.68. The van der Waals surface area contributed by atoms with Crippen LogP contribution in [0.5, 0.6) is 0 Å².